The van der Waals surface area contributed by atoms with Crippen LogP contribution in [0.4, 0.5) is 5.69 Å². The molecule has 0 aliphatic heterocycles. The third-order valence-corrected chi connectivity index (χ3v) is 2.69. The van der Waals surface area contributed by atoms with Crippen LogP contribution in [0.15, 0.2) is 29.3 Å². The van der Waals surface area contributed by atoms with Crippen molar-refractivity contribution in [1.82, 2.24) is 14.8 Å². The fourth-order valence-electron chi connectivity index (χ4n) is 1.33. The molecule has 2 rings (SSSR count). The van der Waals surface area contributed by atoms with Gasteiger partial charge in [0.25, 0.3) is 0 Å². The average molecular weight is 313 g/mol. The summed E-state index contributed by atoms with van der Waals surface area (Å²) in [7, 11) is 0. The second kappa shape index (κ2) is 4.53. The monoisotopic (exact) mass is 312 g/mol. The fraction of sp³-hybridized carbons (Fsp3) is 0. The minimum Gasteiger partial charge on any atom is -0.478 e. The zero-order valence-corrected chi connectivity index (χ0v) is 10.2. The van der Waals surface area contributed by atoms with E-state index in [9.17, 15) is 14.9 Å². The fourth-order valence-corrected chi connectivity index (χ4v) is 1.84. The SMILES string of the molecule is O=C(O)c1cnn(-c2c(Br)cncc2[N+](=O)[O-])c1. The summed E-state index contributed by atoms with van der Waals surface area (Å²) >= 11 is 3.12. The topological polar surface area (TPSA) is 111 Å². The maximum atomic E-state index is 10.9. The molecule has 0 radical (unpaired) electrons. The molecular formula is C9H5BrN4O4. The summed E-state index contributed by atoms with van der Waals surface area (Å²) in [6, 6.07) is 0. The molecule has 2 aromatic rings. The van der Waals surface area contributed by atoms with E-state index >= 15 is 0 Å². The highest BCUT2D eigenvalue weighted by Crippen LogP contribution is 2.28. The molecule has 0 spiro atoms. The Bertz CT molecular complexity index is 639. The number of hydrogen-bond acceptors (Lipinski definition) is 5. The van der Waals surface area contributed by atoms with Crippen molar-refractivity contribution in [2.45, 2.75) is 0 Å². The zero-order valence-electron chi connectivity index (χ0n) is 8.65. The number of hydrogen-bond donors (Lipinski definition) is 1. The summed E-state index contributed by atoms with van der Waals surface area (Å²) in [6.07, 6.45) is 4.74. The van der Waals surface area contributed by atoms with E-state index in [4.69, 9.17) is 5.11 Å². The van der Waals surface area contributed by atoms with Crippen molar-refractivity contribution in [1.29, 1.82) is 0 Å². The highest BCUT2D eigenvalue weighted by molar-refractivity contribution is 9.10. The normalized spacial score (nSPS) is 10.3. The molecule has 0 fully saturated rings. The van der Waals surface area contributed by atoms with Crippen molar-refractivity contribution in [2.24, 2.45) is 0 Å². The second-order valence-electron chi connectivity index (χ2n) is 3.22. The van der Waals surface area contributed by atoms with Crippen LogP contribution in [0.5, 0.6) is 0 Å². The molecule has 92 valence electrons. The Morgan fingerprint density at radius 1 is 1.44 bits per heavy atom. The minimum atomic E-state index is -1.16. The van der Waals surface area contributed by atoms with Gasteiger partial charge in [-0.25, -0.2) is 9.48 Å². The van der Waals surface area contributed by atoms with Crippen LogP contribution in [0, 0.1) is 10.1 Å². The molecule has 0 aliphatic carbocycles. The predicted octanol–water partition coefficient (Wildman–Crippen LogP) is 1.64. The lowest BCUT2D eigenvalue weighted by Crippen LogP contribution is -2.02. The maximum Gasteiger partial charge on any atom is 0.338 e. The van der Waals surface area contributed by atoms with Gasteiger partial charge in [0.2, 0.25) is 0 Å². The van der Waals surface area contributed by atoms with Crippen LogP contribution in [0.25, 0.3) is 5.69 Å². The molecule has 1 N–H and O–H groups in total. The Kier molecular flexibility index (Phi) is 3.06. The number of halogens is 1. The Labute approximate surface area is 108 Å². The van der Waals surface area contributed by atoms with E-state index < -0.39 is 10.9 Å². The number of carboxylic acid groups (broad SMARTS) is 1. The van der Waals surface area contributed by atoms with Crippen LogP contribution in [0.3, 0.4) is 0 Å². The number of rotatable bonds is 3. The van der Waals surface area contributed by atoms with E-state index in [1.165, 1.54) is 12.4 Å². The second-order valence-corrected chi connectivity index (χ2v) is 4.08. The first-order chi connectivity index (χ1) is 8.50. The van der Waals surface area contributed by atoms with E-state index in [1.807, 2.05) is 0 Å². The summed E-state index contributed by atoms with van der Waals surface area (Å²) in [5.41, 5.74) is -0.208. The van der Waals surface area contributed by atoms with Gasteiger partial charge in [0, 0.05) is 12.4 Å². The molecule has 0 bridgehead atoms. The molecule has 0 atom stereocenters. The molecule has 8 nitrogen and oxygen atoms in total. The van der Waals surface area contributed by atoms with Gasteiger partial charge in [-0.3, -0.25) is 15.1 Å². The number of nitrogens with zero attached hydrogens (tertiary/aromatic N) is 4. The summed E-state index contributed by atoms with van der Waals surface area (Å²) < 4.78 is 1.46. The Hall–Kier alpha value is -2.29. The molecule has 18 heavy (non-hydrogen) atoms. The van der Waals surface area contributed by atoms with Crippen molar-refractivity contribution in [3.05, 3.63) is 44.9 Å². The standard InChI is InChI=1S/C9H5BrN4O4/c10-6-2-11-3-7(14(17)18)8(6)13-4-5(1-12-13)9(15)16/h1-4H,(H,15,16). The number of aromatic carboxylic acids is 1. The van der Waals surface area contributed by atoms with Crippen molar-refractivity contribution in [3.8, 4) is 5.69 Å². The van der Waals surface area contributed by atoms with Gasteiger partial charge in [0.1, 0.15) is 6.20 Å². The first-order valence-electron chi connectivity index (χ1n) is 4.57. The molecule has 0 amide bonds. The largest absolute Gasteiger partial charge is 0.478 e. The quantitative estimate of drug-likeness (QED) is 0.681. The highest BCUT2D eigenvalue weighted by atomic mass is 79.9. The first kappa shape index (κ1) is 12.2. The molecule has 2 aromatic heterocycles. The van der Waals surface area contributed by atoms with Crippen LogP contribution in [-0.4, -0.2) is 30.8 Å². The van der Waals surface area contributed by atoms with Crippen molar-refractivity contribution in [3.63, 3.8) is 0 Å². The number of nitro groups is 1. The molecule has 9 heteroatoms. The van der Waals surface area contributed by atoms with E-state index in [-0.39, 0.29) is 16.9 Å². The van der Waals surface area contributed by atoms with E-state index in [1.54, 1.807) is 0 Å². The number of pyridine rings is 1. The zero-order chi connectivity index (χ0) is 13.3. The average Bonchev–Trinajstić information content (AvgIpc) is 2.77. The number of carboxylic acids is 1. The molecule has 0 unspecified atom stereocenters. The predicted molar refractivity (Wildman–Crippen MR) is 62.7 cm³/mol. The van der Waals surface area contributed by atoms with Gasteiger partial charge in [0.15, 0.2) is 5.69 Å². The molecular weight excluding hydrogens is 308 g/mol. The van der Waals surface area contributed by atoms with Gasteiger partial charge in [-0.2, -0.15) is 5.10 Å². The minimum absolute atomic E-state index is 0.0620. The lowest BCUT2D eigenvalue weighted by atomic mass is 10.3. The van der Waals surface area contributed by atoms with Gasteiger partial charge in [-0.05, 0) is 15.9 Å². The maximum absolute atomic E-state index is 10.9. The first-order valence-corrected chi connectivity index (χ1v) is 5.36. The van der Waals surface area contributed by atoms with E-state index in [2.05, 4.69) is 26.0 Å². The van der Waals surface area contributed by atoms with Crippen LogP contribution in [0.1, 0.15) is 10.4 Å². The lowest BCUT2D eigenvalue weighted by Gasteiger charge is -2.04. The third kappa shape index (κ3) is 2.07. The molecule has 0 saturated heterocycles. The van der Waals surface area contributed by atoms with Crippen molar-refractivity contribution < 1.29 is 14.8 Å². The van der Waals surface area contributed by atoms with Crippen LogP contribution in [-0.2, 0) is 0 Å². The Morgan fingerprint density at radius 3 is 2.72 bits per heavy atom. The molecule has 2 heterocycles. The van der Waals surface area contributed by atoms with Gasteiger partial charge in [-0.1, -0.05) is 0 Å². The Balaban J connectivity index is 2.62. The highest BCUT2D eigenvalue weighted by Gasteiger charge is 2.20. The summed E-state index contributed by atoms with van der Waals surface area (Å²) in [6.45, 7) is 0. The van der Waals surface area contributed by atoms with Gasteiger partial charge in [0.05, 0.1) is 21.2 Å². The summed E-state index contributed by atoms with van der Waals surface area (Å²) in [4.78, 5) is 24.7. The van der Waals surface area contributed by atoms with Crippen LogP contribution in [0.2, 0.25) is 0 Å². The number of aromatic nitrogens is 3. The lowest BCUT2D eigenvalue weighted by molar-refractivity contribution is -0.385. The number of carbonyl (C=O) groups is 1. The molecule has 0 aromatic carbocycles. The Morgan fingerprint density at radius 2 is 2.17 bits per heavy atom. The van der Waals surface area contributed by atoms with E-state index in [0.29, 0.717) is 4.47 Å². The van der Waals surface area contributed by atoms with Crippen LogP contribution >= 0.6 is 15.9 Å². The van der Waals surface area contributed by atoms with Gasteiger partial charge < -0.3 is 5.11 Å². The third-order valence-electron chi connectivity index (χ3n) is 2.11. The molecule has 0 aliphatic rings. The van der Waals surface area contributed by atoms with Crippen LogP contribution < -0.4 is 0 Å². The van der Waals surface area contributed by atoms with Crippen molar-refractivity contribution >= 4 is 27.6 Å². The van der Waals surface area contributed by atoms with Gasteiger partial charge in [-0.15, -0.1) is 0 Å². The van der Waals surface area contributed by atoms with Gasteiger partial charge >= 0.3 is 11.7 Å². The smallest absolute Gasteiger partial charge is 0.338 e. The summed E-state index contributed by atoms with van der Waals surface area (Å²) in [5.74, 6) is -1.16. The summed E-state index contributed by atoms with van der Waals surface area (Å²) in [5, 5.41) is 23.4. The van der Waals surface area contributed by atoms with Crippen molar-refractivity contribution in [2.75, 3.05) is 0 Å². The molecule has 0 saturated carbocycles. The van der Waals surface area contributed by atoms with E-state index in [0.717, 1.165) is 17.1 Å².